The fourth-order valence-electron chi connectivity index (χ4n) is 4.56. The van der Waals surface area contributed by atoms with Gasteiger partial charge in [-0.15, -0.1) is 10.1 Å². The third-order valence-corrected chi connectivity index (χ3v) is 6.37. The third kappa shape index (κ3) is 3.45. The van der Waals surface area contributed by atoms with Crippen molar-refractivity contribution in [2.75, 3.05) is 39.8 Å². The summed E-state index contributed by atoms with van der Waals surface area (Å²) >= 11 is 0. The van der Waals surface area contributed by atoms with Crippen molar-refractivity contribution in [3.63, 3.8) is 0 Å². The van der Waals surface area contributed by atoms with Crippen LogP contribution in [-0.4, -0.2) is 106 Å². The van der Waals surface area contributed by atoms with Crippen molar-refractivity contribution in [3.05, 3.63) is 12.2 Å². The van der Waals surface area contributed by atoms with Crippen LogP contribution in [-0.2, 0) is 4.79 Å². The quantitative estimate of drug-likeness (QED) is 0.500. The van der Waals surface area contributed by atoms with Crippen LogP contribution in [0, 0.1) is 0 Å². The van der Waals surface area contributed by atoms with Gasteiger partial charge in [-0.2, -0.15) is 0 Å². The van der Waals surface area contributed by atoms with Crippen LogP contribution in [0.5, 0.6) is 0 Å². The Kier molecular flexibility index (Phi) is 5.48. The number of guanidine groups is 1. The summed E-state index contributed by atoms with van der Waals surface area (Å²) in [5.41, 5.74) is 1.70. The van der Waals surface area contributed by atoms with E-state index < -0.39 is 6.04 Å². The number of hydrazone groups is 1. The first-order valence-electron chi connectivity index (χ1n) is 10.8. The lowest BCUT2D eigenvalue weighted by Crippen LogP contribution is -2.64. The Morgan fingerprint density at radius 2 is 1.90 bits per heavy atom. The molecule has 2 saturated heterocycles. The smallest absolute Gasteiger partial charge is 0.300 e. The molecule has 0 aromatic rings. The van der Waals surface area contributed by atoms with E-state index in [1.54, 1.807) is 7.05 Å². The molecule has 3 amide bonds. The van der Waals surface area contributed by atoms with E-state index in [9.17, 15) is 9.59 Å². The second kappa shape index (κ2) is 7.94. The minimum Gasteiger partial charge on any atom is -0.300 e. The number of amidine groups is 1. The number of carbonyl (C=O) groups excluding carboxylic acids is 2. The number of piperidine rings is 1. The number of amides is 3. The van der Waals surface area contributed by atoms with Gasteiger partial charge in [0, 0.05) is 13.6 Å². The van der Waals surface area contributed by atoms with Crippen LogP contribution in [0.1, 0.15) is 40.0 Å². The summed E-state index contributed by atoms with van der Waals surface area (Å²) in [5.74, 6) is 0.903. The number of hydrogen-bond acceptors (Lipinski definition) is 6. The van der Waals surface area contributed by atoms with Crippen LogP contribution in [0.4, 0.5) is 4.79 Å². The molecule has 4 aliphatic heterocycles. The molecule has 0 spiro atoms. The third-order valence-electron chi connectivity index (χ3n) is 6.37. The average Bonchev–Trinajstić information content (AvgIpc) is 3.13. The number of fused-ring (bicyclic) bond motifs is 2. The van der Waals surface area contributed by atoms with Gasteiger partial charge >= 0.3 is 12.0 Å². The Hall–Kier alpha value is -2.55. The average molecular weight is 415 g/mol. The maximum atomic E-state index is 13.4. The second-order valence-electron chi connectivity index (χ2n) is 8.75. The van der Waals surface area contributed by atoms with Crippen molar-refractivity contribution in [2.45, 2.75) is 52.1 Å². The highest BCUT2D eigenvalue weighted by molar-refractivity contribution is 6.23. The molecule has 0 aromatic heterocycles. The van der Waals surface area contributed by atoms with E-state index in [2.05, 4.69) is 11.5 Å². The highest BCUT2D eigenvalue weighted by Crippen LogP contribution is 2.25. The van der Waals surface area contributed by atoms with Crippen molar-refractivity contribution in [1.29, 1.82) is 0 Å². The topological polar surface area (TPSA) is 74.8 Å². The minimum absolute atomic E-state index is 0.0743. The van der Waals surface area contributed by atoms with Gasteiger partial charge < -0.3 is 4.90 Å². The van der Waals surface area contributed by atoms with Gasteiger partial charge in [0.25, 0.3) is 5.91 Å². The monoisotopic (exact) mass is 414 g/mol. The van der Waals surface area contributed by atoms with Crippen LogP contribution in [0.25, 0.3) is 0 Å². The number of nitrogens with zero attached hydrogens (tertiary/aromatic N) is 7. The molecule has 0 saturated carbocycles. The van der Waals surface area contributed by atoms with Crippen LogP contribution in [0.2, 0.25) is 0 Å². The van der Waals surface area contributed by atoms with Gasteiger partial charge in [-0.1, -0.05) is 23.6 Å². The summed E-state index contributed by atoms with van der Waals surface area (Å²) in [4.78, 5) is 36.1. The van der Waals surface area contributed by atoms with Gasteiger partial charge in [0.2, 0.25) is 11.9 Å². The van der Waals surface area contributed by atoms with E-state index in [-0.39, 0.29) is 24.5 Å². The number of carbonyl (C=O) groups is 2. The van der Waals surface area contributed by atoms with E-state index in [0.717, 1.165) is 30.9 Å². The van der Waals surface area contributed by atoms with Crippen molar-refractivity contribution < 1.29 is 14.2 Å². The lowest BCUT2D eigenvalue weighted by molar-refractivity contribution is -0.559. The van der Waals surface area contributed by atoms with E-state index in [1.807, 2.05) is 30.4 Å². The van der Waals surface area contributed by atoms with Gasteiger partial charge in [-0.25, -0.2) is 9.37 Å². The number of likely N-dealkylation sites (N-methyl/N-ethyl adjacent to an activating group) is 1. The highest BCUT2D eigenvalue weighted by Gasteiger charge is 2.56. The molecule has 4 heterocycles. The van der Waals surface area contributed by atoms with E-state index in [4.69, 9.17) is 10.1 Å². The first-order valence-corrected chi connectivity index (χ1v) is 10.8. The predicted molar refractivity (Wildman–Crippen MR) is 116 cm³/mol. The largest absolute Gasteiger partial charge is 0.416 e. The number of likely N-dealkylation sites (tertiary alicyclic amines) is 1. The molecule has 2 unspecified atom stereocenters. The van der Waals surface area contributed by atoms with Crippen LogP contribution in [0.3, 0.4) is 0 Å². The summed E-state index contributed by atoms with van der Waals surface area (Å²) in [6.07, 6.45) is 3.79. The van der Waals surface area contributed by atoms with E-state index in [0.29, 0.717) is 18.3 Å². The van der Waals surface area contributed by atoms with Gasteiger partial charge in [0.1, 0.15) is 12.6 Å². The van der Waals surface area contributed by atoms with Crippen LogP contribution >= 0.6 is 0 Å². The normalized spacial score (nSPS) is 27.3. The molecule has 2 fully saturated rings. The summed E-state index contributed by atoms with van der Waals surface area (Å²) in [6.45, 7) is 13.8. The van der Waals surface area contributed by atoms with Gasteiger partial charge in [0.15, 0.2) is 0 Å². The number of aliphatic imine (C=N–C) groups is 1. The number of urea groups is 1. The van der Waals surface area contributed by atoms with E-state index >= 15 is 0 Å². The lowest BCUT2D eigenvalue weighted by Gasteiger charge is -2.35. The molecule has 30 heavy (non-hydrogen) atoms. The minimum atomic E-state index is -0.611. The van der Waals surface area contributed by atoms with Crippen LogP contribution in [0.15, 0.2) is 22.2 Å². The molecule has 2 atom stereocenters. The first-order chi connectivity index (χ1) is 14.3. The lowest BCUT2D eigenvalue weighted by atomic mass is 10.1. The predicted octanol–water partition coefficient (Wildman–Crippen LogP) is 1.17. The highest BCUT2D eigenvalue weighted by atomic mass is 16.2. The van der Waals surface area contributed by atoms with Crippen molar-refractivity contribution in [3.8, 4) is 0 Å². The van der Waals surface area contributed by atoms with Gasteiger partial charge in [-0.05, 0) is 46.7 Å². The van der Waals surface area contributed by atoms with Crippen molar-refractivity contribution >= 4 is 29.4 Å². The number of rotatable bonds is 5. The number of hydrogen-bond donors (Lipinski definition) is 0. The van der Waals surface area contributed by atoms with Gasteiger partial charge in [-0.3, -0.25) is 14.6 Å². The Morgan fingerprint density at radius 1 is 1.20 bits per heavy atom. The number of imide groups is 1. The van der Waals surface area contributed by atoms with Gasteiger partial charge in [0.05, 0.1) is 12.3 Å². The fraction of sp³-hybridized carbons (Fsp3) is 0.667. The SMILES string of the molecule is C=C(C)CN1C(=O)C2C(=NC3=[N+]2C(C)C(C)=NN3CCN2CCCCC2)N(C)C1=O. The maximum absolute atomic E-state index is 13.4. The zero-order chi connectivity index (χ0) is 21.6. The molecule has 0 aliphatic carbocycles. The molecule has 9 heteroatoms. The molecule has 0 N–H and O–H groups in total. The molecule has 0 aromatic carbocycles. The molecule has 0 bridgehead atoms. The zero-order valence-electron chi connectivity index (χ0n) is 18.5. The molecule has 4 rings (SSSR count). The summed E-state index contributed by atoms with van der Waals surface area (Å²) < 4.78 is 2.02. The zero-order valence-corrected chi connectivity index (χ0v) is 18.5. The Morgan fingerprint density at radius 3 is 2.57 bits per heavy atom. The summed E-state index contributed by atoms with van der Waals surface area (Å²) in [7, 11) is 1.68. The Bertz CT molecular complexity index is 869. The Balaban J connectivity index is 1.63. The Labute approximate surface area is 178 Å². The first kappa shape index (κ1) is 20.7. The summed E-state index contributed by atoms with van der Waals surface area (Å²) in [5, 5.41) is 6.69. The van der Waals surface area contributed by atoms with Crippen molar-refractivity contribution in [1.82, 2.24) is 19.7 Å². The molecule has 9 nitrogen and oxygen atoms in total. The molecular weight excluding hydrogens is 382 g/mol. The van der Waals surface area contributed by atoms with Crippen LogP contribution < -0.4 is 0 Å². The van der Waals surface area contributed by atoms with Crippen molar-refractivity contribution in [2.24, 2.45) is 10.1 Å². The molecule has 0 radical (unpaired) electrons. The standard InChI is InChI=1S/C21H32N7O2/c1-14(2)13-26-19(29)17-18(24(5)21(26)30)22-20-27(23-15(3)16(4)28(17)20)12-11-25-9-7-6-8-10-25/h16-17H,1,6-13H2,2-5H3/q+1. The molecule has 162 valence electrons. The second-order valence-corrected chi connectivity index (χ2v) is 8.75. The maximum Gasteiger partial charge on any atom is 0.416 e. The summed E-state index contributed by atoms with van der Waals surface area (Å²) in [6, 6.07) is -1.04. The molecule has 4 aliphatic rings. The molecular formula is C21H32N7O2+. The van der Waals surface area contributed by atoms with E-state index in [1.165, 1.54) is 29.1 Å². The fourth-order valence-corrected chi connectivity index (χ4v) is 4.56.